The Labute approximate surface area is 134 Å². The van der Waals surface area contributed by atoms with Crippen molar-refractivity contribution in [2.24, 2.45) is 0 Å². The van der Waals surface area contributed by atoms with Crippen molar-refractivity contribution in [2.75, 3.05) is 19.5 Å². The topological polar surface area (TPSA) is 77.8 Å². The van der Waals surface area contributed by atoms with Gasteiger partial charge >= 0.3 is 11.9 Å². The van der Waals surface area contributed by atoms with Gasteiger partial charge in [-0.15, -0.1) is 0 Å². The van der Waals surface area contributed by atoms with Crippen molar-refractivity contribution < 1.29 is 23.5 Å². The van der Waals surface area contributed by atoms with Gasteiger partial charge in [-0.1, -0.05) is 19.1 Å². The van der Waals surface area contributed by atoms with E-state index in [-0.39, 0.29) is 5.70 Å². The molecule has 1 heterocycles. The number of anilines is 1. The highest BCUT2D eigenvalue weighted by molar-refractivity contribution is 6.01. The fourth-order valence-corrected chi connectivity index (χ4v) is 2.31. The van der Waals surface area contributed by atoms with E-state index in [0.29, 0.717) is 11.3 Å². The van der Waals surface area contributed by atoms with Crippen molar-refractivity contribution in [3.63, 3.8) is 0 Å². The van der Waals surface area contributed by atoms with E-state index >= 15 is 0 Å². The van der Waals surface area contributed by atoms with Gasteiger partial charge in [-0.05, 0) is 18.6 Å². The molecule has 0 radical (unpaired) electrons. The molecule has 1 aromatic carbocycles. The molecule has 0 aliphatic rings. The summed E-state index contributed by atoms with van der Waals surface area (Å²) in [6.45, 7) is 3.99. The average Bonchev–Trinajstić information content (AvgIpc) is 2.90. The smallest absolute Gasteiger partial charge is 0.354 e. The number of ether oxygens (including phenoxy) is 2. The highest BCUT2D eigenvalue weighted by Crippen LogP contribution is 2.31. The van der Waals surface area contributed by atoms with E-state index in [9.17, 15) is 9.59 Å². The predicted molar refractivity (Wildman–Crippen MR) is 86.1 cm³/mol. The number of para-hydroxylation sites is 1. The Morgan fingerprint density at radius 1 is 1.26 bits per heavy atom. The zero-order valence-corrected chi connectivity index (χ0v) is 13.6. The molecule has 2 rings (SSSR count). The van der Waals surface area contributed by atoms with Gasteiger partial charge in [0.05, 0.1) is 26.0 Å². The third-order valence-electron chi connectivity index (χ3n) is 3.52. The Kier molecular flexibility index (Phi) is 5.05. The summed E-state index contributed by atoms with van der Waals surface area (Å²) in [5.41, 5.74) is 2.23. The molecule has 0 saturated carbocycles. The third kappa shape index (κ3) is 3.36. The monoisotopic (exact) mass is 317 g/mol. The van der Waals surface area contributed by atoms with Gasteiger partial charge in [-0.3, -0.25) is 0 Å². The van der Waals surface area contributed by atoms with E-state index in [0.717, 1.165) is 29.2 Å². The highest BCUT2D eigenvalue weighted by atomic mass is 16.5. The summed E-state index contributed by atoms with van der Waals surface area (Å²) in [6.07, 6.45) is 1.81. The number of carbonyl (C=O) groups excluding carboxylic acids is 2. The molecule has 0 unspecified atom stereocenters. The lowest BCUT2D eigenvalue weighted by atomic mass is 10.1. The van der Waals surface area contributed by atoms with Crippen LogP contribution in [0.15, 0.2) is 34.4 Å². The molecule has 6 nitrogen and oxygen atoms in total. The lowest BCUT2D eigenvalue weighted by molar-refractivity contribution is -0.138. The maximum atomic E-state index is 11.8. The average molecular weight is 317 g/mol. The minimum absolute atomic E-state index is 0.0287. The van der Waals surface area contributed by atoms with E-state index in [2.05, 4.69) is 14.8 Å². The molecule has 0 amide bonds. The molecule has 6 heteroatoms. The summed E-state index contributed by atoms with van der Waals surface area (Å²) >= 11 is 0. The first-order valence-corrected chi connectivity index (χ1v) is 7.17. The molecule has 1 aromatic heterocycles. The molecule has 0 saturated heterocycles. The normalized spacial score (nSPS) is 11.4. The molecule has 0 bridgehead atoms. The molecule has 2 aromatic rings. The Morgan fingerprint density at radius 2 is 2.00 bits per heavy atom. The van der Waals surface area contributed by atoms with E-state index in [1.54, 1.807) is 6.07 Å². The van der Waals surface area contributed by atoms with Crippen LogP contribution in [0, 0.1) is 6.92 Å². The van der Waals surface area contributed by atoms with Crippen LogP contribution in [0.5, 0.6) is 0 Å². The van der Waals surface area contributed by atoms with Crippen molar-refractivity contribution in [3.8, 4) is 0 Å². The number of esters is 2. The number of hydrogen-bond acceptors (Lipinski definition) is 6. The first-order valence-electron chi connectivity index (χ1n) is 7.17. The van der Waals surface area contributed by atoms with Crippen LogP contribution in [0.25, 0.3) is 11.0 Å². The molecular formula is C17H19NO5. The molecule has 122 valence electrons. The number of rotatable bonds is 5. The number of nitrogens with one attached hydrogen (secondary N) is 1. The molecule has 0 fully saturated rings. The van der Waals surface area contributed by atoms with Gasteiger partial charge in [0, 0.05) is 11.8 Å². The summed E-state index contributed by atoms with van der Waals surface area (Å²) < 4.78 is 15.1. The number of benzene rings is 1. The lowest BCUT2D eigenvalue weighted by Crippen LogP contribution is -2.15. The Bertz CT molecular complexity index is 773. The molecule has 0 atom stereocenters. The zero-order valence-electron chi connectivity index (χ0n) is 13.6. The highest BCUT2D eigenvalue weighted by Gasteiger charge is 2.17. The third-order valence-corrected chi connectivity index (χ3v) is 3.52. The van der Waals surface area contributed by atoms with Crippen molar-refractivity contribution >= 4 is 28.6 Å². The van der Waals surface area contributed by atoms with E-state index < -0.39 is 11.9 Å². The van der Waals surface area contributed by atoms with Crippen LogP contribution >= 0.6 is 0 Å². The molecule has 1 N–H and O–H groups in total. The summed E-state index contributed by atoms with van der Waals surface area (Å²) in [7, 11) is 2.47. The Hall–Kier alpha value is -2.76. The minimum atomic E-state index is -0.675. The second-order valence-corrected chi connectivity index (χ2v) is 4.88. The lowest BCUT2D eigenvalue weighted by Gasteiger charge is -2.09. The summed E-state index contributed by atoms with van der Waals surface area (Å²) in [5.74, 6) is -0.452. The SMILES string of the molecule is CCc1oc2c(N/C(=C/C(=O)OC)C(=O)OC)cccc2c1C. The fraction of sp³-hybridized carbons (Fsp3) is 0.294. The molecule has 0 aliphatic heterocycles. The Balaban J connectivity index is 2.48. The molecular weight excluding hydrogens is 298 g/mol. The van der Waals surface area contributed by atoms with Crippen molar-refractivity contribution in [2.45, 2.75) is 20.3 Å². The molecule has 23 heavy (non-hydrogen) atoms. The van der Waals surface area contributed by atoms with Crippen molar-refractivity contribution in [3.05, 3.63) is 41.3 Å². The van der Waals surface area contributed by atoms with Crippen LogP contribution in [-0.2, 0) is 25.5 Å². The number of furan rings is 1. The zero-order chi connectivity index (χ0) is 17.0. The van der Waals surface area contributed by atoms with Crippen molar-refractivity contribution in [1.82, 2.24) is 0 Å². The number of hydrogen-bond donors (Lipinski definition) is 1. The van der Waals surface area contributed by atoms with E-state index in [1.807, 2.05) is 26.0 Å². The number of aryl methyl sites for hydroxylation is 2. The van der Waals surface area contributed by atoms with Gasteiger partial charge in [-0.2, -0.15) is 0 Å². The first kappa shape index (κ1) is 16.6. The Morgan fingerprint density at radius 3 is 2.61 bits per heavy atom. The van der Waals surface area contributed by atoms with E-state index in [4.69, 9.17) is 4.42 Å². The maximum absolute atomic E-state index is 11.8. The van der Waals surface area contributed by atoms with Gasteiger partial charge in [0.1, 0.15) is 11.5 Å². The van der Waals surface area contributed by atoms with Gasteiger partial charge in [-0.25, -0.2) is 9.59 Å². The van der Waals surface area contributed by atoms with Crippen LogP contribution in [0.4, 0.5) is 5.69 Å². The summed E-state index contributed by atoms with van der Waals surface area (Å²) in [4.78, 5) is 23.3. The minimum Gasteiger partial charge on any atom is -0.466 e. The van der Waals surface area contributed by atoms with Gasteiger partial charge in [0.25, 0.3) is 0 Å². The van der Waals surface area contributed by atoms with Crippen LogP contribution < -0.4 is 5.32 Å². The van der Waals surface area contributed by atoms with E-state index in [1.165, 1.54) is 14.2 Å². The van der Waals surface area contributed by atoms with Gasteiger partial charge < -0.3 is 19.2 Å². The van der Waals surface area contributed by atoms with Crippen LogP contribution in [-0.4, -0.2) is 26.2 Å². The predicted octanol–water partition coefficient (Wildman–Crippen LogP) is 2.95. The number of carbonyl (C=O) groups is 2. The largest absolute Gasteiger partial charge is 0.466 e. The summed E-state index contributed by atoms with van der Waals surface area (Å²) in [6, 6.07) is 5.55. The maximum Gasteiger partial charge on any atom is 0.354 e. The van der Waals surface area contributed by atoms with Gasteiger partial charge in [0.2, 0.25) is 0 Å². The number of methoxy groups -OCH3 is 2. The first-order chi connectivity index (χ1) is 11.0. The quantitative estimate of drug-likeness (QED) is 0.675. The molecule has 0 aliphatic carbocycles. The van der Waals surface area contributed by atoms with Crippen molar-refractivity contribution in [1.29, 1.82) is 0 Å². The summed E-state index contributed by atoms with van der Waals surface area (Å²) in [5, 5.41) is 3.85. The van der Waals surface area contributed by atoms with Gasteiger partial charge in [0.15, 0.2) is 5.58 Å². The second-order valence-electron chi connectivity index (χ2n) is 4.88. The standard InChI is InChI=1S/C17H19NO5/c1-5-14-10(2)11-7-6-8-12(16(11)23-14)18-13(17(20)22-4)9-15(19)21-3/h6-9,18H,5H2,1-4H3/b13-9+. The van der Waals surface area contributed by atoms with Crippen LogP contribution in [0.2, 0.25) is 0 Å². The second kappa shape index (κ2) is 7.00. The van der Waals surface area contributed by atoms with Crippen LogP contribution in [0.1, 0.15) is 18.2 Å². The van der Waals surface area contributed by atoms with Crippen LogP contribution in [0.3, 0.4) is 0 Å². The fourth-order valence-electron chi connectivity index (χ4n) is 2.31. The molecule has 0 spiro atoms. The number of fused-ring (bicyclic) bond motifs is 1.